The van der Waals surface area contributed by atoms with Gasteiger partial charge in [-0.05, 0) is 48.4 Å². The molecule has 0 fully saturated rings. The Hall–Kier alpha value is -4.86. The lowest BCUT2D eigenvalue weighted by molar-refractivity contribution is -0.385. The van der Waals surface area contributed by atoms with Crippen LogP contribution in [0.1, 0.15) is 22.3 Å². The number of aliphatic imine (C=N–C) groups is 1. The molecular formula is C24H17N3O7. The van der Waals surface area contributed by atoms with Gasteiger partial charge < -0.3 is 9.47 Å². The highest BCUT2D eigenvalue weighted by Gasteiger charge is 2.25. The molecule has 0 atom stereocenters. The number of hydrogen-bond donors (Lipinski definition) is 0. The number of aryl methyl sites for hydroxylation is 1. The topological polar surface area (TPSA) is 134 Å². The molecule has 34 heavy (non-hydrogen) atoms. The zero-order valence-corrected chi connectivity index (χ0v) is 17.8. The summed E-state index contributed by atoms with van der Waals surface area (Å²) in [5, 5.41) is 21.9. The lowest BCUT2D eigenvalue weighted by Gasteiger charge is -2.07. The summed E-state index contributed by atoms with van der Waals surface area (Å²) < 4.78 is 11.0. The third kappa shape index (κ3) is 4.96. The van der Waals surface area contributed by atoms with Gasteiger partial charge in [0.15, 0.2) is 5.70 Å². The fourth-order valence-corrected chi connectivity index (χ4v) is 3.30. The quantitative estimate of drug-likeness (QED) is 0.216. The number of rotatable bonds is 7. The highest BCUT2D eigenvalue weighted by molar-refractivity contribution is 6.13. The standard InChI is InChI=1S/C24H17N3O7/c1-15-10-18(8-9-22(15)27(31)32)23-25-21(24(28)34-23)13-16-4-3-7-20(12-16)33-14-17-5-2-6-19(11-17)26(29)30/h2-13H,14H2,1H3/b21-13-. The fourth-order valence-electron chi connectivity index (χ4n) is 3.30. The number of non-ortho nitro benzene ring substituents is 1. The molecule has 0 bridgehead atoms. The Morgan fingerprint density at radius 3 is 2.53 bits per heavy atom. The highest BCUT2D eigenvalue weighted by atomic mass is 16.6. The predicted molar refractivity (Wildman–Crippen MR) is 122 cm³/mol. The van der Waals surface area contributed by atoms with Crippen molar-refractivity contribution in [1.29, 1.82) is 0 Å². The summed E-state index contributed by atoms with van der Waals surface area (Å²) >= 11 is 0. The maximum absolute atomic E-state index is 12.3. The molecule has 0 unspecified atom stereocenters. The first-order chi connectivity index (χ1) is 16.3. The molecule has 10 heteroatoms. The van der Waals surface area contributed by atoms with E-state index in [-0.39, 0.29) is 29.6 Å². The first-order valence-electron chi connectivity index (χ1n) is 10.0. The first kappa shape index (κ1) is 22.3. The van der Waals surface area contributed by atoms with E-state index in [4.69, 9.17) is 9.47 Å². The predicted octanol–water partition coefficient (Wildman–Crippen LogP) is 4.73. The van der Waals surface area contributed by atoms with Crippen molar-refractivity contribution >= 4 is 29.3 Å². The van der Waals surface area contributed by atoms with E-state index in [1.54, 1.807) is 43.3 Å². The van der Waals surface area contributed by atoms with Crippen LogP contribution < -0.4 is 4.74 Å². The van der Waals surface area contributed by atoms with Crippen LogP contribution in [0.3, 0.4) is 0 Å². The van der Waals surface area contributed by atoms with E-state index in [1.165, 1.54) is 36.4 Å². The number of benzene rings is 3. The number of nitro groups is 2. The molecule has 170 valence electrons. The van der Waals surface area contributed by atoms with E-state index < -0.39 is 15.8 Å². The van der Waals surface area contributed by atoms with Crippen LogP contribution in [0, 0.1) is 27.2 Å². The lowest BCUT2D eigenvalue weighted by Crippen LogP contribution is -2.06. The summed E-state index contributed by atoms with van der Waals surface area (Å²) in [6.07, 6.45) is 1.54. The fraction of sp³-hybridized carbons (Fsp3) is 0.0833. The molecule has 1 heterocycles. The van der Waals surface area contributed by atoms with Crippen molar-refractivity contribution in [2.75, 3.05) is 0 Å². The second kappa shape index (κ2) is 9.33. The monoisotopic (exact) mass is 459 g/mol. The van der Waals surface area contributed by atoms with Gasteiger partial charge in [0.25, 0.3) is 11.4 Å². The number of hydrogen-bond acceptors (Lipinski definition) is 8. The van der Waals surface area contributed by atoms with Crippen LogP contribution in [0.4, 0.5) is 11.4 Å². The summed E-state index contributed by atoms with van der Waals surface area (Å²) in [5.41, 5.74) is 2.17. The van der Waals surface area contributed by atoms with Gasteiger partial charge in [-0.2, -0.15) is 0 Å². The summed E-state index contributed by atoms with van der Waals surface area (Å²) in [6.45, 7) is 1.72. The minimum absolute atomic E-state index is 0.0174. The minimum atomic E-state index is -0.645. The number of ether oxygens (including phenoxy) is 2. The van der Waals surface area contributed by atoms with Crippen LogP contribution in [0.5, 0.6) is 5.75 Å². The normalized spacial score (nSPS) is 14.0. The van der Waals surface area contributed by atoms with E-state index in [1.807, 2.05) is 0 Å². The van der Waals surface area contributed by atoms with Gasteiger partial charge in [-0.15, -0.1) is 0 Å². The third-order valence-corrected chi connectivity index (χ3v) is 4.95. The Bertz CT molecular complexity index is 1380. The maximum Gasteiger partial charge on any atom is 0.363 e. The van der Waals surface area contributed by atoms with E-state index in [0.29, 0.717) is 28.0 Å². The van der Waals surface area contributed by atoms with Crippen molar-refractivity contribution in [3.8, 4) is 5.75 Å². The van der Waals surface area contributed by atoms with Gasteiger partial charge in [0.05, 0.1) is 9.85 Å². The number of esters is 1. The first-order valence-corrected chi connectivity index (χ1v) is 10.0. The van der Waals surface area contributed by atoms with Crippen molar-refractivity contribution in [3.05, 3.63) is 115 Å². The van der Waals surface area contributed by atoms with Crippen molar-refractivity contribution in [2.45, 2.75) is 13.5 Å². The second-order valence-electron chi connectivity index (χ2n) is 7.38. The molecule has 10 nitrogen and oxygen atoms in total. The molecule has 0 amide bonds. The van der Waals surface area contributed by atoms with Gasteiger partial charge in [0.2, 0.25) is 5.90 Å². The molecule has 4 rings (SSSR count). The molecule has 1 aliphatic heterocycles. The smallest absolute Gasteiger partial charge is 0.363 e. The molecule has 1 aliphatic rings. The van der Waals surface area contributed by atoms with Gasteiger partial charge >= 0.3 is 5.97 Å². The molecule has 0 aliphatic carbocycles. The van der Waals surface area contributed by atoms with Crippen molar-refractivity contribution in [3.63, 3.8) is 0 Å². The Morgan fingerprint density at radius 2 is 1.79 bits per heavy atom. The Morgan fingerprint density at radius 1 is 1.00 bits per heavy atom. The molecule has 0 aromatic heterocycles. The zero-order chi connectivity index (χ0) is 24.2. The average Bonchev–Trinajstić information content (AvgIpc) is 3.18. The SMILES string of the molecule is Cc1cc(C2=N/C(=C\c3cccc(OCc4cccc([N+](=O)[O-])c4)c3)C(=O)O2)ccc1[N+](=O)[O-]. The number of carbonyl (C=O) groups is 1. The largest absolute Gasteiger partial charge is 0.489 e. The van der Waals surface area contributed by atoms with Gasteiger partial charge in [-0.3, -0.25) is 20.2 Å². The van der Waals surface area contributed by atoms with Crippen LogP contribution in [0.2, 0.25) is 0 Å². The summed E-state index contributed by atoms with van der Waals surface area (Å²) in [6, 6.07) is 17.4. The Labute approximate surface area is 193 Å². The molecule has 0 radical (unpaired) electrons. The van der Waals surface area contributed by atoms with E-state index in [2.05, 4.69) is 4.99 Å². The van der Waals surface area contributed by atoms with E-state index in [0.717, 1.165) is 0 Å². The van der Waals surface area contributed by atoms with Crippen molar-refractivity contribution in [1.82, 2.24) is 0 Å². The van der Waals surface area contributed by atoms with E-state index >= 15 is 0 Å². The minimum Gasteiger partial charge on any atom is -0.489 e. The molecule has 3 aromatic carbocycles. The number of nitro benzene ring substituents is 2. The van der Waals surface area contributed by atoms with Gasteiger partial charge in [-0.25, -0.2) is 9.79 Å². The average molecular weight is 459 g/mol. The summed E-state index contributed by atoms with van der Waals surface area (Å²) in [5.74, 6) is -0.0799. The maximum atomic E-state index is 12.3. The van der Waals surface area contributed by atoms with Crippen LogP contribution in [0.15, 0.2) is 77.4 Å². The van der Waals surface area contributed by atoms with Crippen molar-refractivity contribution in [2.24, 2.45) is 4.99 Å². The van der Waals surface area contributed by atoms with Crippen LogP contribution in [-0.4, -0.2) is 21.7 Å². The molecule has 0 spiro atoms. The van der Waals surface area contributed by atoms with Gasteiger partial charge in [-0.1, -0.05) is 24.3 Å². The highest BCUT2D eigenvalue weighted by Crippen LogP contribution is 2.25. The lowest BCUT2D eigenvalue weighted by atomic mass is 10.1. The van der Waals surface area contributed by atoms with Gasteiger partial charge in [0, 0.05) is 29.3 Å². The molecule has 0 N–H and O–H groups in total. The molecule has 0 saturated heterocycles. The van der Waals surface area contributed by atoms with Gasteiger partial charge in [0.1, 0.15) is 12.4 Å². The van der Waals surface area contributed by atoms with Crippen molar-refractivity contribution < 1.29 is 24.1 Å². The molecule has 3 aromatic rings. The number of carbonyl (C=O) groups excluding carboxylic acids is 1. The Balaban J connectivity index is 1.51. The third-order valence-electron chi connectivity index (χ3n) is 4.95. The van der Waals surface area contributed by atoms with Crippen LogP contribution >= 0.6 is 0 Å². The van der Waals surface area contributed by atoms with Crippen LogP contribution in [-0.2, 0) is 16.1 Å². The summed E-state index contributed by atoms with van der Waals surface area (Å²) in [4.78, 5) is 37.5. The molecular weight excluding hydrogens is 442 g/mol. The summed E-state index contributed by atoms with van der Waals surface area (Å²) in [7, 11) is 0. The Kier molecular flexibility index (Phi) is 6.13. The second-order valence-corrected chi connectivity index (χ2v) is 7.38. The van der Waals surface area contributed by atoms with E-state index in [9.17, 15) is 25.0 Å². The molecule has 0 saturated carbocycles. The zero-order valence-electron chi connectivity index (χ0n) is 17.8. The number of cyclic esters (lactones) is 1. The van der Waals surface area contributed by atoms with Crippen LogP contribution in [0.25, 0.3) is 6.08 Å². The number of nitrogens with zero attached hydrogens (tertiary/aromatic N) is 3.